The molecule has 1 aliphatic carbocycles. The first-order valence-electron chi connectivity index (χ1n) is 13.5. The van der Waals surface area contributed by atoms with Crippen LogP contribution in [-0.2, 0) is 6.18 Å². The standard InChI is InChI=1S/C31H33F3N4/c32-31(33,34)27-8-3-7-24(18-27)25-14-15-36-30(19-25)37-29-9-2-1-6-26(29)17-23-5-4-16-38(21-23)28-12-10-22(20-35)11-13-28/h3,7-8,10-15,18-19,23,26,29H,1-2,4-6,9,16-17,21H2,(H,36,37)/t23-,26+,29-/m1/s1. The molecule has 5 rings (SSSR count). The van der Waals surface area contributed by atoms with Gasteiger partial charge in [0.15, 0.2) is 0 Å². The van der Waals surface area contributed by atoms with Gasteiger partial charge in [-0.1, -0.05) is 25.0 Å². The smallest absolute Gasteiger partial charge is 0.371 e. The van der Waals surface area contributed by atoms with Gasteiger partial charge in [0.1, 0.15) is 5.82 Å². The molecule has 0 spiro atoms. The fraction of sp³-hybridized carbons (Fsp3) is 0.419. The number of nitrogens with zero attached hydrogens (tertiary/aromatic N) is 3. The van der Waals surface area contributed by atoms with Crippen LogP contribution < -0.4 is 10.2 Å². The second-order valence-corrected chi connectivity index (χ2v) is 10.7. The fourth-order valence-corrected chi connectivity index (χ4v) is 6.10. The average molecular weight is 519 g/mol. The third kappa shape index (κ3) is 6.30. The molecule has 0 bridgehead atoms. The number of hydrogen-bond acceptors (Lipinski definition) is 4. The third-order valence-electron chi connectivity index (χ3n) is 8.04. The second-order valence-electron chi connectivity index (χ2n) is 10.7. The normalized spacial score (nSPS) is 22.1. The van der Waals surface area contributed by atoms with Gasteiger partial charge in [-0.15, -0.1) is 0 Å². The van der Waals surface area contributed by atoms with Gasteiger partial charge in [0.25, 0.3) is 0 Å². The summed E-state index contributed by atoms with van der Waals surface area (Å²) < 4.78 is 39.7. The van der Waals surface area contributed by atoms with Crippen LogP contribution in [0.1, 0.15) is 56.1 Å². The lowest BCUT2D eigenvalue weighted by atomic mass is 9.77. The maximum Gasteiger partial charge on any atom is 0.416 e. The van der Waals surface area contributed by atoms with E-state index in [2.05, 4.69) is 33.4 Å². The molecule has 4 nitrogen and oxygen atoms in total. The van der Waals surface area contributed by atoms with Crippen LogP contribution in [-0.4, -0.2) is 24.1 Å². The van der Waals surface area contributed by atoms with Crippen molar-refractivity contribution in [2.45, 2.75) is 57.2 Å². The Morgan fingerprint density at radius 3 is 2.53 bits per heavy atom. The first kappa shape index (κ1) is 26.1. The highest BCUT2D eigenvalue weighted by Crippen LogP contribution is 2.36. The molecule has 2 fully saturated rings. The number of halogens is 3. The van der Waals surface area contributed by atoms with Crippen LogP contribution in [0, 0.1) is 23.2 Å². The molecular formula is C31H33F3N4. The molecule has 2 aromatic carbocycles. The summed E-state index contributed by atoms with van der Waals surface area (Å²) in [6.45, 7) is 2.07. The Morgan fingerprint density at radius 2 is 1.74 bits per heavy atom. The Bertz CT molecular complexity index is 1270. The maximum atomic E-state index is 13.2. The van der Waals surface area contributed by atoms with E-state index in [1.54, 1.807) is 18.3 Å². The summed E-state index contributed by atoms with van der Waals surface area (Å²) in [6, 6.07) is 19.5. The third-order valence-corrected chi connectivity index (χ3v) is 8.04. The summed E-state index contributed by atoms with van der Waals surface area (Å²) in [6.07, 6.45) is 5.49. The number of nitrogens with one attached hydrogen (secondary N) is 1. The number of anilines is 2. The summed E-state index contributed by atoms with van der Waals surface area (Å²) in [7, 11) is 0. The Labute approximate surface area is 222 Å². The Kier molecular flexibility index (Phi) is 7.87. The van der Waals surface area contributed by atoms with Crippen LogP contribution in [0.4, 0.5) is 24.7 Å². The van der Waals surface area contributed by atoms with Gasteiger partial charge in [0, 0.05) is 31.0 Å². The largest absolute Gasteiger partial charge is 0.416 e. The number of alkyl halides is 3. The van der Waals surface area contributed by atoms with E-state index in [1.165, 1.54) is 43.5 Å². The van der Waals surface area contributed by atoms with Crippen LogP contribution in [0.3, 0.4) is 0 Å². The molecule has 0 unspecified atom stereocenters. The summed E-state index contributed by atoms with van der Waals surface area (Å²) >= 11 is 0. The fourth-order valence-electron chi connectivity index (χ4n) is 6.10. The second kappa shape index (κ2) is 11.5. The van der Waals surface area contributed by atoms with E-state index in [1.807, 2.05) is 18.2 Å². The topological polar surface area (TPSA) is 52.0 Å². The van der Waals surface area contributed by atoms with E-state index in [0.717, 1.165) is 49.8 Å². The lowest BCUT2D eigenvalue weighted by Crippen LogP contribution is -2.39. The molecule has 0 amide bonds. The van der Waals surface area contributed by atoms with Crippen molar-refractivity contribution in [3.05, 3.63) is 78.0 Å². The average Bonchev–Trinajstić information content (AvgIpc) is 2.94. The van der Waals surface area contributed by atoms with Gasteiger partial charge in [-0.05, 0) is 104 Å². The quantitative estimate of drug-likeness (QED) is 0.360. The van der Waals surface area contributed by atoms with Gasteiger partial charge < -0.3 is 10.2 Å². The predicted molar refractivity (Wildman–Crippen MR) is 145 cm³/mol. The lowest BCUT2D eigenvalue weighted by Gasteiger charge is -2.39. The number of benzene rings is 2. The van der Waals surface area contributed by atoms with Crippen LogP contribution in [0.2, 0.25) is 0 Å². The van der Waals surface area contributed by atoms with E-state index in [0.29, 0.717) is 29.0 Å². The van der Waals surface area contributed by atoms with Gasteiger partial charge in [-0.3, -0.25) is 0 Å². The van der Waals surface area contributed by atoms with Crippen molar-refractivity contribution < 1.29 is 13.2 Å². The molecular weight excluding hydrogens is 485 g/mol. The molecule has 1 N–H and O–H groups in total. The Hall–Kier alpha value is -3.53. The number of hydrogen-bond donors (Lipinski definition) is 1. The predicted octanol–water partition coefficient (Wildman–Crippen LogP) is 7.92. The van der Waals surface area contributed by atoms with E-state index < -0.39 is 11.7 Å². The minimum Gasteiger partial charge on any atom is -0.371 e. The molecule has 7 heteroatoms. The summed E-state index contributed by atoms with van der Waals surface area (Å²) in [5.74, 6) is 1.87. The molecule has 38 heavy (non-hydrogen) atoms. The Morgan fingerprint density at radius 1 is 0.947 bits per heavy atom. The van der Waals surface area contributed by atoms with Gasteiger partial charge >= 0.3 is 6.18 Å². The van der Waals surface area contributed by atoms with Crippen molar-refractivity contribution in [1.82, 2.24) is 4.98 Å². The molecule has 2 heterocycles. The van der Waals surface area contributed by atoms with E-state index in [4.69, 9.17) is 5.26 Å². The first-order chi connectivity index (χ1) is 18.4. The maximum absolute atomic E-state index is 13.2. The molecule has 198 valence electrons. The van der Waals surface area contributed by atoms with E-state index >= 15 is 0 Å². The molecule has 1 saturated heterocycles. The summed E-state index contributed by atoms with van der Waals surface area (Å²) in [4.78, 5) is 6.96. The highest BCUT2D eigenvalue weighted by atomic mass is 19.4. The molecule has 1 aliphatic heterocycles. The van der Waals surface area contributed by atoms with Crippen molar-refractivity contribution in [2.24, 2.45) is 11.8 Å². The van der Waals surface area contributed by atoms with Gasteiger partial charge in [-0.25, -0.2) is 4.98 Å². The summed E-state index contributed by atoms with van der Waals surface area (Å²) in [5.41, 5.74) is 2.49. The van der Waals surface area contributed by atoms with Crippen molar-refractivity contribution in [2.75, 3.05) is 23.3 Å². The van der Waals surface area contributed by atoms with E-state index in [-0.39, 0.29) is 0 Å². The van der Waals surface area contributed by atoms with Crippen LogP contribution >= 0.6 is 0 Å². The monoisotopic (exact) mass is 518 g/mol. The van der Waals surface area contributed by atoms with Gasteiger partial charge in [0.2, 0.25) is 0 Å². The minimum atomic E-state index is -4.37. The minimum absolute atomic E-state index is 0.304. The first-order valence-corrected chi connectivity index (χ1v) is 13.5. The zero-order chi connectivity index (χ0) is 26.5. The zero-order valence-electron chi connectivity index (χ0n) is 21.4. The summed E-state index contributed by atoms with van der Waals surface area (Å²) in [5, 5.41) is 12.7. The number of rotatable bonds is 6. The lowest BCUT2D eigenvalue weighted by molar-refractivity contribution is -0.137. The molecule has 2 aliphatic rings. The molecule has 1 saturated carbocycles. The number of pyridine rings is 1. The highest BCUT2D eigenvalue weighted by Gasteiger charge is 2.31. The van der Waals surface area contributed by atoms with Crippen molar-refractivity contribution in [3.8, 4) is 17.2 Å². The SMILES string of the molecule is N#Cc1ccc(N2CCC[C@H](C[C@@H]3CCCC[C@H]3Nc3cc(-c4cccc(C(F)(F)F)c4)ccn3)C2)cc1. The van der Waals surface area contributed by atoms with Crippen molar-refractivity contribution >= 4 is 11.5 Å². The number of nitriles is 1. The Balaban J connectivity index is 1.25. The molecule has 3 aromatic rings. The van der Waals surface area contributed by atoms with Gasteiger partial charge in [0.05, 0.1) is 17.2 Å². The van der Waals surface area contributed by atoms with Crippen molar-refractivity contribution in [3.63, 3.8) is 0 Å². The van der Waals surface area contributed by atoms with Crippen LogP contribution in [0.25, 0.3) is 11.1 Å². The molecule has 1 aromatic heterocycles. The number of piperidine rings is 1. The van der Waals surface area contributed by atoms with Crippen molar-refractivity contribution in [1.29, 1.82) is 5.26 Å². The van der Waals surface area contributed by atoms with Gasteiger partial charge in [-0.2, -0.15) is 18.4 Å². The molecule has 0 radical (unpaired) electrons. The van der Waals surface area contributed by atoms with Crippen LogP contribution in [0.5, 0.6) is 0 Å². The van der Waals surface area contributed by atoms with E-state index in [9.17, 15) is 13.2 Å². The zero-order valence-corrected chi connectivity index (χ0v) is 21.4. The number of aromatic nitrogens is 1. The molecule has 3 atom stereocenters. The van der Waals surface area contributed by atoms with Crippen LogP contribution in [0.15, 0.2) is 66.9 Å². The highest BCUT2D eigenvalue weighted by molar-refractivity contribution is 5.67.